The van der Waals surface area contributed by atoms with E-state index in [-0.39, 0.29) is 196 Å². The summed E-state index contributed by atoms with van der Waals surface area (Å²) in [5.74, 6) is 0. The second-order valence-electron chi connectivity index (χ2n) is 2.33. The molecule has 0 fully saturated rings. The molecule has 0 aliphatic rings. The van der Waals surface area contributed by atoms with Gasteiger partial charge in [-0.3, -0.25) is 0 Å². The molecule has 0 nitrogen and oxygen atoms in total. The van der Waals surface area contributed by atoms with Gasteiger partial charge in [0.2, 0.25) is 0 Å². The van der Waals surface area contributed by atoms with Crippen LogP contribution >= 0.6 is 0 Å². The average Bonchev–Trinajstić information content (AvgIpc) is 1.59. The van der Waals surface area contributed by atoms with Crippen molar-refractivity contribution in [1.82, 2.24) is 0 Å². The number of benzene rings is 1. The van der Waals surface area contributed by atoms with Gasteiger partial charge in [-0.2, -0.15) is 48.7 Å². The van der Waals surface area contributed by atoms with Crippen molar-refractivity contribution in [3.63, 3.8) is 0 Å². The van der Waals surface area contributed by atoms with Crippen LogP contribution in [0.5, 0.6) is 0 Å². The fourth-order valence-corrected chi connectivity index (χ4v) is 0.948. The van der Waals surface area contributed by atoms with Crippen LogP contribution in [-0.2, 0) is 196 Å². The molecular formula is C9H10Y6-2. The van der Waals surface area contributed by atoms with Crippen molar-refractivity contribution in [2.75, 3.05) is 0 Å². The van der Waals surface area contributed by atoms with Gasteiger partial charge in [0.25, 0.3) is 0 Å². The smallest absolute Gasteiger partial charge is 0 e. The number of rotatable bonds is 0. The molecule has 0 saturated carbocycles. The van der Waals surface area contributed by atoms with Crippen molar-refractivity contribution in [2.24, 2.45) is 0 Å². The summed E-state index contributed by atoms with van der Waals surface area (Å²) < 4.78 is 0. The fraction of sp³-hybridized carbons (Fsp3) is 0.111. The molecule has 0 bridgehead atoms. The summed E-state index contributed by atoms with van der Waals surface area (Å²) in [5.41, 5.74) is 3.31. The quantitative estimate of drug-likeness (QED) is 0.379. The minimum Gasteiger partial charge on any atom is -0.199 e. The number of aryl methyl sites for hydroxylation is 1. The first kappa shape index (κ1) is 37.1. The number of hydrogen-bond acceptors (Lipinski definition) is 0. The van der Waals surface area contributed by atoms with Gasteiger partial charge in [0.15, 0.2) is 0 Å². The minimum absolute atomic E-state index is 0. The summed E-state index contributed by atoms with van der Waals surface area (Å²) in [5, 5.41) is 0. The Morgan fingerprint density at radius 3 is 1.13 bits per heavy atom. The summed E-state index contributed by atoms with van der Waals surface area (Å²) in [7, 11) is 0. The number of hydrogen-bond donors (Lipinski definition) is 0. The zero-order chi connectivity index (χ0) is 6.85. The normalized spacial score (nSPS) is 5.67. The molecule has 0 aliphatic heterocycles. The Morgan fingerprint density at radius 2 is 0.933 bits per heavy atom. The summed E-state index contributed by atoms with van der Waals surface area (Å²) in [6.45, 7) is 9.65. The molecule has 1 rings (SSSR count). The second kappa shape index (κ2) is 21.9. The zero-order valence-corrected chi connectivity index (χ0v) is 26.1. The first-order valence-corrected chi connectivity index (χ1v) is 2.94. The van der Waals surface area contributed by atoms with Crippen LogP contribution in [0.1, 0.15) is 16.7 Å². The molecule has 0 unspecified atom stereocenters. The van der Waals surface area contributed by atoms with Crippen LogP contribution in [0.3, 0.4) is 0 Å². The van der Waals surface area contributed by atoms with Gasteiger partial charge in [-0.25, -0.2) is 0 Å². The van der Waals surface area contributed by atoms with E-state index in [9.17, 15) is 0 Å². The van der Waals surface area contributed by atoms with Gasteiger partial charge in [-0.1, -0.05) is 6.92 Å². The summed E-state index contributed by atoms with van der Waals surface area (Å²) in [6, 6.07) is 6.04. The van der Waals surface area contributed by atoms with Crippen molar-refractivity contribution in [2.45, 2.75) is 6.92 Å². The molecule has 0 aromatic heterocycles. The molecule has 66 valence electrons. The molecule has 0 spiro atoms. The Labute approximate surface area is 245 Å². The van der Waals surface area contributed by atoms with E-state index in [0.29, 0.717) is 0 Å². The Morgan fingerprint density at radius 1 is 0.667 bits per heavy atom. The molecule has 0 N–H and O–H groups in total. The van der Waals surface area contributed by atoms with Crippen LogP contribution < -0.4 is 0 Å². The van der Waals surface area contributed by atoms with Crippen LogP contribution in [0.15, 0.2) is 18.2 Å². The Kier molecular flexibility index (Phi) is 54.1. The van der Waals surface area contributed by atoms with Gasteiger partial charge in [-0.05, 0) is 0 Å². The average molecular weight is 652 g/mol. The van der Waals surface area contributed by atoms with Crippen molar-refractivity contribution in [3.05, 3.63) is 48.7 Å². The third-order valence-electron chi connectivity index (χ3n) is 1.20. The van der Waals surface area contributed by atoms with Gasteiger partial charge < -0.3 is 0 Å². The molecular weight excluding hydrogens is 642 g/mol. The van der Waals surface area contributed by atoms with Crippen molar-refractivity contribution in [3.8, 4) is 0 Å². The molecule has 1 aromatic rings. The van der Waals surface area contributed by atoms with Crippen LogP contribution in [0, 0.1) is 20.8 Å². The Bertz CT molecular complexity index is 175. The van der Waals surface area contributed by atoms with E-state index >= 15 is 0 Å². The second-order valence-corrected chi connectivity index (χ2v) is 2.33. The maximum Gasteiger partial charge on any atom is 0 e. The van der Waals surface area contributed by atoms with E-state index in [4.69, 9.17) is 0 Å². The van der Waals surface area contributed by atoms with E-state index in [2.05, 4.69) is 13.8 Å². The third-order valence-corrected chi connectivity index (χ3v) is 1.20. The molecule has 0 aliphatic carbocycles. The maximum absolute atomic E-state index is 3.80. The molecule has 6 heteroatoms. The van der Waals surface area contributed by atoms with Crippen LogP contribution in [-0.4, -0.2) is 0 Å². The monoisotopic (exact) mass is 652 g/mol. The minimum atomic E-state index is 0. The molecule has 0 atom stereocenters. The molecule has 0 heterocycles. The predicted octanol–water partition coefficient (Wildman–Crippen LogP) is 2.34. The van der Waals surface area contributed by atoms with Gasteiger partial charge in [0, 0.05) is 196 Å². The summed E-state index contributed by atoms with van der Waals surface area (Å²) >= 11 is 0. The molecule has 15 heavy (non-hydrogen) atoms. The summed E-state index contributed by atoms with van der Waals surface area (Å²) in [4.78, 5) is 0. The van der Waals surface area contributed by atoms with Crippen molar-refractivity contribution >= 4 is 0 Å². The molecule has 6 radical (unpaired) electrons. The largest absolute Gasteiger partial charge is 0.199 e. The Hall–Kier alpha value is 5.58. The van der Waals surface area contributed by atoms with E-state index < -0.39 is 0 Å². The first-order valence-electron chi connectivity index (χ1n) is 2.94. The van der Waals surface area contributed by atoms with Gasteiger partial charge in [0.05, 0.1) is 0 Å². The van der Waals surface area contributed by atoms with Crippen molar-refractivity contribution < 1.29 is 196 Å². The van der Waals surface area contributed by atoms with Gasteiger partial charge in [-0.15, -0.1) is 0 Å². The molecule has 0 amide bonds. The molecule has 0 saturated heterocycles. The van der Waals surface area contributed by atoms with E-state index in [1.54, 1.807) is 0 Å². The summed E-state index contributed by atoms with van der Waals surface area (Å²) in [6.07, 6.45) is 0. The fourth-order valence-electron chi connectivity index (χ4n) is 0.948. The van der Waals surface area contributed by atoms with Gasteiger partial charge >= 0.3 is 0 Å². The standard InChI is InChI=1S/C9H10.6Y/c1-7-4-8(2)6-9(3)5-7;;;;;;/h4-6H,1-2H2,3H3;;;;;;/q-2;;;;;;. The zero-order valence-electron chi connectivity index (χ0n) is 9.11. The maximum atomic E-state index is 3.80. The van der Waals surface area contributed by atoms with Crippen molar-refractivity contribution in [1.29, 1.82) is 0 Å². The van der Waals surface area contributed by atoms with E-state index in [1.807, 2.05) is 25.1 Å². The van der Waals surface area contributed by atoms with E-state index in [0.717, 1.165) is 11.1 Å². The molecule has 1 aromatic carbocycles. The van der Waals surface area contributed by atoms with Crippen LogP contribution in [0.2, 0.25) is 0 Å². The SMILES string of the molecule is [CH2-]c1cc([CH2-])cc(C)c1.[Y].[Y].[Y].[Y].[Y].[Y]. The topological polar surface area (TPSA) is 0 Å². The predicted molar refractivity (Wildman–Crippen MR) is 40.1 cm³/mol. The first-order chi connectivity index (χ1) is 4.18. The van der Waals surface area contributed by atoms with Crippen LogP contribution in [0.4, 0.5) is 0 Å². The third kappa shape index (κ3) is 19.6. The van der Waals surface area contributed by atoms with Crippen LogP contribution in [0.25, 0.3) is 0 Å². The Balaban J connectivity index is -0.0000000337. The van der Waals surface area contributed by atoms with Gasteiger partial charge in [0.1, 0.15) is 0 Å². The van der Waals surface area contributed by atoms with E-state index in [1.165, 1.54) is 5.56 Å².